The molecular formula is C13H22N2S. The number of hydrogen-bond acceptors (Lipinski definition) is 3. The number of thioether (sulfide) groups is 1. The van der Waals surface area contributed by atoms with Gasteiger partial charge in [0.25, 0.3) is 0 Å². The molecule has 2 N–H and O–H groups in total. The van der Waals surface area contributed by atoms with E-state index in [4.69, 9.17) is 5.73 Å². The van der Waals surface area contributed by atoms with E-state index in [1.807, 2.05) is 23.9 Å². The van der Waals surface area contributed by atoms with Gasteiger partial charge in [-0.25, -0.2) is 4.98 Å². The van der Waals surface area contributed by atoms with E-state index in [9.17, 15) is 0 Å². The number of nitrogen functional groups attached to an aromatic ring is 1. The molecule has 1 rings (SSSR count). The van der Waals surface area contributed by atoms with E-state index in [1.54, 1.807) is 6.20 Å². The van der Waals surface area contributed by atoms with Crippen LogP contribution in [0.15, 0.2) is 23.4 Å². The van der Waals surface area contributed by atoms with Crippen molar-refractivity contribution in [1.82, 2.24) is 4.98 Å². The Kier molecular flexibility index (Phi) is 7.06. The fourth-order valence-electron chi connectivity index (χ4n) is 1.54. The van der Waals surface area contributed by atoms with Crippen LogP contribution in [0.25, 0.3) is 0 Å². The van der Waals surface area contributed by atoms with Gasteiger partial charge < -0.3 is 5.73 Å². The molecule has 0 radical (unpaired) electrons. The molecule has 16 heavy (non-hydrogen) atoms. The second-order valence-electron chi connectivity index (χ2n) is 4.05. The Bertz CT molecular complexity index is 272. The van der Waals surface area contributed by atoms with Crippen LogP contribution < -0.4 is 5.73 Å². The van der Waals surface area contributed by atoms with Gasteiger partial charge in [-0.3, -0.25) is 0 Å². The molecule has 0 saturated carbocycles. The van der Waals surface area contributed by atoms with Gasteiger partial charge in [-0.05, 0) is 24.3 Å². The minimum absolute atomic E-state index is 0.740. The molecule has 3 heteroatoms. The zero-order valence-corrected chi connectivity index (χ0v) is 10.9. The number of nitrogens with zero attached hydrogens (tertiary/aromatic N) is 1. The molecule has 0 spiro atoms. The van der Waals surface area contributed by atoms with Crippen LogP contribution >= 0.6 is 11.8 Å². The van der Waals surface area contributed by atoms with Crippen LogP contribution in [-0.2, 0) is 0 Å². The third kappa shape index (κ3) is 6.01. The molecule has 0 amide bonds. The standard InChI is InChI=1S/C13H22N2S/c1-2-3-4-5-6-7-10-16-13-9-8-12(14)11-15-13/h8-9,11H,2-7,10,14H2,1H3. The number of unbranched alkanes of at least 4 members (excludes halogenated alkanes) is 5. The Morgan fingerprint density at radius 3 is 2.56 bits per heavy atom. The highest BCUT2D eigenvalue weighted by molar-refractivity contribution is 7.99. The third-order valence-electron chi connectivity index (χ3n) is 2.51. The fourth-order valence-corrected chi connectivity index (χ4v) is 2.39. The first-order chi connectivity index (χ1) is 7.83. The Hall–Kier alpha value is -0.700. The highest BCUT2D eigenvalue weighted by Crippen LogP contribution is 2.18. The van der Waals surface area contributed by atoms with E-state index in [0.29, 0.717) is 0 Å². The van der Waals surface area contributed by atoms with Crippen LogP contribution in [0.1, 0.15) is 45.4 Å². The van der Waals surface area contributed by atoms with Crippen LogP contribution in [0, 0.1) is 0 Å². The van der Waals surface area contributed by atoms with Crippen molar-refractivity contribution < 1.29 is 0 Å². The first-order valence-electron chi connectivity index (χ1n) is 6.17. The van der Waals surface area contributed by atoms with E-state index in [1.165, 1.54) is 44.3 Å². The normalized spacial score (nSPS) is 10.6. The van der Waals surface area contributed by atoms with Crippen LogP contribution in [0.4, 0.5) is 5.69 Å². The van der Waals surface area contributed by atoms with Crippen molar-refractivity contribution in [2.45, 2.75) is 50.5 Å². The zero-order valence-electron chi connectivity index (χ0n) is 10.1. The van der Waals surface area contributed by atoms with Gasteiger partial charge in [0.15, 0.2) is 0 Å². The van der Waals surface area contributed by atoms with Crippen LogP contribution in [0.3, 0.4) is 0 Å². The molecule has 0 atom stereocenters. The predicted molar refractivity (Wildman–Crippen MR) is 72.7 cm³/mol. The molecule has 0 fully saturated rings. The van der Waals surface area contributed by atoms with Crippen molar-refractivity contribution in [2.24, 2.45) is 0 Å². The summed E-state index contributed by atoms with van der Waals surface area (Å²) in [5.41, 5.74) is 6.32. The van der Waals surface area contributed by atoms with Gasteiger partial charge in [0.1, 0.15) is 0 Å². The Morgan fingerprint density at radius 1 is 1.12 bits per heavy atom. The number of aromatic nitrogens is 1. The lowest BCUT2D eigenvalue weighted by atomic mass is 10.1. The molecule has 1 aromatic rings. The quantitative estimate of drug-likeness (QED) is 0.547. The van der Waals surface area contributed by atoms with Gasteiger partial charge in [-0.2, -0.15) is 0 Å². The van der Waals surface area contributed by atoms with Crippen LogP contribution in [0.5, 0.6) is 0 Å². The summed E-state index contributed by atoms with van der Waals surface area (Å²) in [6, 6.07) is 3.91. The first kappa shape index (κ1) is 13.4. The molecule has 1 heterocycles. The monoisotopic (exact) mass is 238 g/mol. The smallest absolute Gasteiger partial charge is 0.0961 e. The minimum Gasteiger partial charge on any atom is -0.397 e. The molecule has 0 bridgehead atoms. The van der Waals surface area contributed by atoms with E-state index in [0.717, 1.165) is 10.7 Å². The predicted octanol–water partition coefficient (Wildman–Crippen LogP) is 4.12. The molecule has 0 aliphatic rings. The second kappa shape index (κ2) is 8.45. The summed E-state index contributed by atoms with van der Waals surface area (Å²) in [7, 11) is 0. The summed E-state index contributed by atoms with van der Waals surface area (Å²) < 4.78 is 0. The number of nitrogens with two attached hydrogens (primary N) is 1. The van der Waals surface area contributed by atoms with E-state index in [2.05, 4.69) is 11.9 Å². The molecule has 0 unspecified atom stereocenters. The first-order valence-corrected chi connectivity index (χ1v) is 7.16. The second-order valence-corrected chi connectivity index (χ2v) is 5.16. The van der Waals surface area contributed by atoms with Crippen molar-refractivity contribution >= 4 is 17.4 Å². The van der Waals surface area contributed by atoms with Gasteiger partial charge in [0.05, 0.1) is 16.9 Å². The fraction of sp³-hybridized carbons (Fsp3) is 0.615. The molecule has 0 saturated heterocycles. The zero-order chi connectivity index (χ0) is 11.6. The van der Waals surface area contributed by atoms with Gasteiger partial charge >= 0.3 is 0 Å². The summed E-state index contributed by atoms with van der Waals surface area (Å²) in [4.78, 5) is 4.26. The maximum atomic E-state index is 5.58. The van der Waals surface area contributed by atoms with Gasteiger partial charge in [-0.1, -0.05) is 39.0 Å². The highest BCUT2D eigenvalue weighted by atomic mass is 32.2. The van der Waals surface area contributed by atoms with Crippen molar-refractivity contribution in [3.05, 3.63) is 18.3 Å². The number of hydrogen-bond donors (Lipinski definition) is 1. The molecular weight excluding hydrogens is 216 g/mol. The SMILES string of the molecule is CCCCCCCCSc1ccc(N)cn1. The maximum Gasteiger partial charge on any atom is 0.0961 e. The largest absolute Gasteiger partial charge is 0.397 e. The van der Waals surface area contributed by atoms with Gasteiger partial charge in [0, 0.05) is 0 Å². The summed E-state index contributed by atoms with van der Waals surface area (Å²) >= 11 is 1.83. The van der Waals surface area contributed by atoms with E-state index < -0.39 is 0 Å². The van der Waals surface area contributed by atoms with Crippen molar-refractivity contribution in [1.29, 1.82) is 0 Å². The Labute approximate surface area is 103 Å². The van der Waals surface area contributed by atoms with Gasteiger partial charge in [0.2, 0.25) is 0 Å². The third-order valence-corrected chi connectivity index (χ3v) is 3.54. The Balaban J connectivity index is 2.01. The minimum atomic E-state index is 0.740. The summed E-state index contributed by atoms with van der Waals surface area (Å²) in [5.74, 6) is 1.17. The number of pyridine rings is 1. The molecule has 1 aromatic heterocycles. The lowest BCUT2D eigenvalue weighted by Gasteiger charge is -2.01. The topological polar surface area (TPSA) is 38.9 Å². The highest BCUT2D eigenvalue weighted by Gasteiger charge is 1.95. The molecule has 0 aliphatic carbocycles. The summed E-state index contributed by atoms with van der Waals surface area (Å²) in [5, 5.41) is 1.09. The van der Waals surface area contributed by atoms with Crippen molar-refractivity contribution in [3.8, 4) is 0 Å². The summed E-state index contributed by atoms with van der Waals surface area (Å²) in [6.07, 6.45) is 9.84. The average Bonchev–Trinajstić information content (AvgIpc) is 2.30. The Morgan fingerprint density at radius 2 is 1.88 bits per heavy atom. The molecule has 0 aromatic carbocycles. The van der Waals surface area contributed by atoms with Gasteiger partial charge in [-0.15, -0.1) is 11.8 Å². The van der Waals surface area contributed by atoms with Crippen molar-refractivity contribution in [3.63, 3.8) is 0 Å². The van der Waals surface area contributed by atoms with E-state index in [-0.39, 0.29) is 0 Å². The molecule has 0 aliphatic heterocycles. The number of rotatable bonds is 8. The molecule has 2 nitrogen and oxygen atoms in total. The average molecular weight is 238 g/mol. The van der Waals surface area contributed by atoms with Crippen LogP contribution in [0.2, 0.25) is 0 Å². The summed E-state index contributed by atoms with van der Waals surface area (Å²) in [6.45, 7) is 2.25. The van der Waals surface area contributed by atoms with E-state index >= 15 is 0 Å². The number of anilines is 1. The lowest BCUT2D eigenvalue weighted by molar-refractivity contribution is 0.627. The molecule has 90 valence electrons. The van der Waals surface area contributed by atoms with Crippen LogP contribution in [-0.4, -0.2) is 10.7 Å². The van der Waals surface area contributed by atoms with Crippen molar-refractivity contribution in [2.75, 3.05) is 11.5 Å². The maximum absolute atomic E-state index is 5.58. The lowest BCUT2D eigenvalue weighted by Crippen LogP contribution is -1.88.